The number of esters is 1. The topological polar surface area (TPSA) is 156 Å². The molecule has 238 valence electrons. The number of hydrogen-bond donors (Lipinski definition) is 0. The lowest BCUT2D eigenvalue weighted by Crippen LogP contribution is -2.27. The molecule has 0 aliphatic rings. The first kappa shape index (κ1) is 36.5. The highest BCUT2D eigenvalue weighted by Crippen LogP contribution is 2.36. The number of nitrogens with zero attached hydrogens (tertiary/aromatic N) is 5. The number of benzene rings is 1. The van der Waals surface area contributed by atoms with Crippen molar-refractivity contribution in [1.82, 2.24) is 0 Å². The summed E-state index contributed by atoms with van der Waals surface area (Å²) in [6, 6.07) is 10.1. The summed E-state index contributed by atoms with van der Waals surface area (Å²) in [4.78, 5) is 24.3. The molecule has 0 aliphatic heterocycles. The number of aldehydes is 1. The van der Waals surface area contributed by atoms with E-state index in [1.165, 1.54) is 11.3 Å². The third kappa shape index (κ3) is 13.3. The van der Waals surface area contributed by atoms with Gasteiger partial charge >= 0.3 is 5.97 Å². The molecule has 2 rings (SSSR count). The zero-order chi connectivity index (χ0) is 32.0. The molecular weight excluding hydrogens is 586 g/mol. The van der Waals surface area contributed by atoms with Crippen LogP contribution in [0, 0.1) is 36.5 Å². The van der Waals surface area contributed by atoms with Crippen LogP contribution in [0.1, 0.15) is 47.8 Å². The second-order valence-electron chi connectivity index (χ2n) is 9.44. The van der Waals surface area contributed by atoms with Crippen molar-refractivity contribution < 1.29 is 33.3 Å². The monoisotopic (exact) mass is 627 g/mol. The zero-order valence-corrected chi connectivity index (χ0v) is 26.5. The van der Waals surface area contributed by atoms with E-state index in [9.17, 15) is 20.1 Å². The van der Waals surface area contributed by atoms with Crippen molar-refractivity contribution in [2.24, 2.45) is 10.2 Å². The van der Waals surface area contributed by atoms with Crippen LogP contribution >= 0.6 is 11.3 Å². The van der Waals surface area contributed by atoms with Crippen molar-refractivity contribution in [2.45, 2.75) is 40.0 Å². The van der Waals surface area contributed by atoms with Gasteiger partial charge in [-0.25, -0.2) is 0 Å². The Morgan fingerprint density at radius 3 is 2.14 bits per heavy atom. The fourth-order valence-electron chi connectivity index (χ4n) is 3.88. The normalized spacial score (nSPS) is 10.9. The summed E-state index contributed by atoms with van der Waals surface area (Å²) in [5.74, 6) is -0.323. The van der Waals surface area contributed by atoms with E-state index in [4.69, 9.17) is 23.7 Å². The summed E-state index contributed by atoms with van der Waals surface area (Å²) in [6.07, 6.45) is 1.90. The maximum Gasteiger partial charge on any atom is 0.305 e. The van der Waals surface area contributed by atoms with Crippen LogP contribution in [0.15, 0.2) is 28.4 Å². The van der Waals surface area contributed by atoms with Crippen LogP contribution in [-0.4, -0.2) is 84.8 Å². The molecule has 0 bridgehead atoms. The summed E-state index contributed by atoms with van der Waals surface area (Å²) < 4.78 is 27.1. The van der Waals surface area contributed by atoms with E-state index in [1.807, 2.05) is 25.1 Å². The number of rotatable bonds is 23. The number of carbonyl (C=O) groups excluding carboxylic acids is 2. The van der Waals surface area contributed by atoms with Gasteiger partial charge in [-0.1, -0.05) is 0 Å². The molecule has 2 aromatic rings. The molecule has 0 unspecified atom stereocenters. The van der Waals surface area contributed by atoms with E-state index in [2.05, 4.69) is 34.2 Å². The number of azo groups is 1. The number of thiophene rings is 1. The van der Waals surface area contributed by atoms with Gasteiger partial charge in [0.05, 0.1) is 64.1 Å². The second kappa shape index (κ2) is 21.9. The van der Waals surface area contributed by atoms with E-state index in [0.29, 0.717) is 92.4 Å². The van der Waals surface area contributed by atoms with Crippen molar-refractivity contribution >= 4 is 40.0 Å². The average Bonchev–Trinajstić information content (AvgIpc) is 3.34. The Labute approximate surface area is 263 Å². The number of anilines is 1. The van der Waals surface area contributed by atoms with Crippen molar-refractivity contribution in [1.29, 1.82) is 10.5 Å². The van der Waals surface area contributed by atoms with Gasteiger partial charge < -0.3 is 33.4 Å². The Balaban J connectivity index is 1.56. The molecule has 1 aromatic heterocycles. The summed E-state index contributed by atoms with van der Waals surface area (Å²) >= 11 is 1.17. The molecule has 12 nitrogen and oxygen atoms in total. The summed E-state index contributed by atoms with van der Waals surface area (Å²) in [6.45, 7) is 11.0. The number of unbranched alkanes of at least 4 members (excludes halogenated alkanes) is 1. The van der Waals surface area contributed by atoms with Gasteiger partial charge in [0.1, 0.15) is 29.9 Å². The van der Waals surface area contributed by atoms with Crippen LogP contribution in [0.2, 0.25) is 0 Å². The number of carbonyl (C=O) groups is 2. The third-order valence-electron chi connectivity index (χ3n) is 6.33. The van der Waals surface area contributed by atoms with Gasteiger partial charge in [-0.05, 0) is 56.5 Å². The predicted molar refractivity (Wildman–Crippen MR) is 166 cm³/mol. The van der Waals surface area contributed by atoms with Crippen LogP contribution in [0.25, 0.3) is 0 Å². The van der Waals surface area contributed by atoms with E-state index >= 15 is 0 Å². The van der Waals surface area contributed by atoms with Gasteiger partial charge in [0, 0.05) is 31.6 Å². The molecule has 0 radical (unpaired) electrons. The number of nitriles is 2. The smallest absolute Gasteiger partial charge is 0.305 e. The first-order valence-electron chi connectivity index (χ1n) is 14.6. The van der Waals surface area contributed by atoms with Gasteiger partial charge in [0.15, 0.2) is 5.00 Å². The number of ether oxygens (including phenoxy) is 5. The van der Waals surface area contributed by atoms with E-state index < -0.39 is 0 Å². The molecule has 13 heteroatoms. The van der Waals surface area contributed by atoms with Gasteiger partial charge in [0.25, 0.3) is 0 Å². The van der Waals surface area contributed by atoms with E-state index in [1.54, 1.807) is 6.92 Å². The Morgan fingerprint density at radius 1 is 0.932 bits per heavy atom. The Kier molecular flexibility index (Phi) is 18.1. The van der Waals surface area contributed by atoms with Crippen LogP contribution in [0.5, 0.6) is 0 Å². The molecule has 0 saturated carbocycles. The summed E-state index contributed by atoms with van der Waals surface area (Å²) in [5, 5.41) is 27.7. The maximum atomic E-state index is 11.4. The van der Waals surface area contributed by atoms with Gasteiger partial charge in [-0.3, -0.25) is 4.79 Å². The molecule has 0 saturated heterocycles. The largest absolute Gasteiger partial charge is 0.463 e. The molecule has 1 heterocycles. The van der Waals surface area contributed by atoms with Crippen molar-refractivity contribution in [2.75, 3.05) is 77.5 Å². The Bertz CT molecular complexity index is 1290. The van der Waals surface area contributed by atoms with Crippen molar-refractivity contribution in [3.05, 3.63) is 39.8 Å². The second-order valence-corrected chi connectivity index (χ2v) is 10.4. The van der Waals surface area contributed by atoms with Crippen molar-refractivity contribution in [3.63, 3.8) is 0 Å². The first-order valence-corrected chi connectivity index (χ1v) is 15.4. The molecule has 1 aromatic carbocycles. The SMILES string of the molecule is CCN(CCOCCOCCOCCOCCOC(=O)CCCC=O)c1ccc(/N=N/c2sc(C#N)c(C)c2C#N)c(C)c1. The zero-order valence-electron chi connectivity index (χ0n) is 25.7. The fourth-order valence-corrected chi connectivity index (χ4v) is 4.75. The van der Waals surface area contributed by atoms with E-state index in [-0.39, 0.29) is 19.0 Å². The van der Waals surface area contributed by atoms with Crippen LogP contribution < -0.4 is 4.90 Å². The van der Waals surface area contributed by atoms with E-state index in [0.717, 1.165) is 30.6 Å². The van der Waals surface area contributed by atoms with Crippen LogP contribution in [0.4, 0.5) is 16.4 Å². The van der Waals surface area contributed by atoms with Crippen LogP contribution in [0.3, 0.4) is 0 Å². The molecule has 0 N–H and O–H groups in total. The fraction of sp³-hybridized carbons (Fsp3) is 0.548. The highest BCUT2D eigenvalue weighted by molar-refractivity contribution is 7.16. The molecule has 0 amide bonds. The Morgan fingerprint density at radius 2 is 1.57 bits per heavy atom. The predicted octanol–water partition coefficient (Wildman–Crippen LogP) is 5.33. The summed E-state index contributed by atoms with van der Waals surface area (Å²) in [5.41, 5.74) is 3.73. The minimum absolute atomic E-state index is 0.186. The van der Waals surface area contributed by atoms with Gasteiger partial charge in [0.2, 0.25) is 0 Å². The van der Waals surface area contributed by atoms with Gasteiger partial charge in [-0.15, -0.1) is 21.6 Å². The minimum atomic E-state index is -0.323. The molecule has 44 heavy (non-hydrogen) atoms. The summed E-state index contributed by atoms with van der Waals surface area (Å²) in [7, 11) is 0. The number of likely N-dealkylation sites (N-methyl/N-ethyl adjacent to an activating group) is 1. The molecular formula is C31H41N5O7S. The standard InChI is InChI=1S/C31H41N5O7S/c1-4-36(26-8-9-28(24(2)21-26)34-35-31-27(22-32)25(3)29(23-33)44-31)10-12-39-13-14-40-15-16-41-17-18-42-19-20-43-30(38)7-5-6-11-37/h8-9,11,21H,4-7,10,12-20H2,1-3H3/b35-34+. The van der Waals surface area contributed by atoms with Gasteiger partial charge in [-0.2, -0.15) is 10.5 Å². The minimum Gasteiger partial charge on any atom is -0.463 e. The maximum absolute atomic E-state index is 11.4. The highest BCUT2D eigenvalue weighted by Gasteiger charge is 2.15. The molecule has 0 aliphatic carbocycles. The number of hydrogen-bond acceptors (Lipinski definition) is 13. The molecule has 0 atom stereocenters. The van der Waals surface area contributed by atoms with Crippen molar-refractivity contribution in [3.8, 4) is 12.1 Å². The Hall–Kier alpha value is -3.72. The molecule has 0 spiro atoms. The first-order chi connectivity index (χ1) is 21.4. The average molecular weight is 628 g/mol. The number of aryl methyl sites for hydroxylation is 1. The molecule has 0 fully saturated rings. The lowest BCUT2D eigenvalue weighted by molar-refractivity contribution is -0.145. The lowest BCUT2D eigenvalue weighted by atomic mass is 10.1. The lowest BCUT2D eigenvalue weighted by Gasteiger charge is -2.23. The highest BCUT2D eigenvalue weighted by atomic mass is 32.1. The van der Waals surface area contributed by atoms with Crippen LogP contribution in [-0.2, 0) is 33.3 Å². The quantitative estimate of drug-likeness (QED) is 0.0683. The third-order valence-corrected chi connectivity index (χ3v) is 7.41.